The molecule has 0 radical (unpaired) electrons. The van der Waals surface area contributed by atoms with E-state index in [1.165, 1.54) is 6.07 Å². The molecule has 1 aromatic heterocycles. The maximum Gasteiger partial charge on any atom is 0.417 e. The number of alkyl halides is 3. The summed E-state index contributed by atoms with van der Waals surface area (Å²) in [5.74, 6) is 1.44. The molecule has 1 aliphatic heterocycles. The van der Waals surface area contributed by atoms with Crippen molar-refractivity contribution in [2.75, 3.05) is 47.0 Å². The van der Waals surface area contributed by atoms with E-state index in [9.17, 15) is 13.2 Å². The van der Waals surface area contributed by atoms with E-state index in [4.69, 9.17) is 9.47 Å². The topological polar surface area (TPSA) is 59.0 Å². The van der Waals surface area contributed by atoms with Gasteiger partial charge >= 0.3 is 6.18 Å². The Kier molecular flexibility index (Phi) is 9.41. The van der Waals surface area contributed by atoms with E-state index in [1.54, 1.807) is 14.2 Å². The van der Waals surface area contributed by atoms with E-state index in [1.807, 2.05) is 0 Å². The first-order valence-corrected chi connectivity index (χ1v) is 8.04. The molecule has 26 heavy (non-hydrogen) atoms. The summed E-state index contributed by atoms with van der Waals surface area (Å²) in [6.45, 7) is 3.27. The Labute approximate surface area is 168 Å². The molecule has 2 heterocycles. The molecule has 0 spiro atoms. The number of ether oxygens (including phenoxy) is 2. The Bertz CT molecular complexity index is 570. The van der Waals surface area contributed by atoms with Crippen molar-refractivity contribution in [1.29, 1.82) is 0 Å². The lowest BCUT2D eigenvalue weighted by molar-refractivity contribution is -0.137. The average molecular weight is 488 g/mol. The first kappa shape index (κ1) is 22.7. The Morgan fingerprint density at radius 3 is 2.77 bits per heavy atom. The number of hydrogen-bond acceptors (Lipinski definition) is 4. The molecule has 1 aliphatic rings. The number of aliphatic imine (C=N–C) groups is 1. The van der Waals surface area contributed by atoms with Crippen molar-refractivity contribution >= 4 is 29.9 Å². The molecule has 1 aromatic rings. The highest BCUT2D eigenvalue weighted by atomic mass is 127. The average Bonchev–Trinajstić information content (AvgIpc) is 3.03. The van der Waals surface area contributed by atoms with Crippen molar-refractivity contribution in [2.45, 2.75) is 12.6 Å². The largest absolute Gasteiger partial charge is 0.476 e. The molecule has 1 saturated heterocycles. The number of nitrogens with one attached hydrogen (secondary N) is 1. The molecule has 2 rings (SSSR count). The number of hydrogen-bond donors (Lipinski definition) is 1. The molecule has 148 valence electrons. The van der Waals surface area contributed by atoms with Crippen molar-refractivity contribution in [2.24, 2.45) is 10.9 Å². The molecule has 6 nitrogen and oxygen atoms in total. The summed E-state index contributed by atoms with van der Waals surface area (Å²) in [5, 5.41) is 3.18. The van der Waals surface area contributed by atoms with E-state index in [0.717, 1.165) is 44.3 Å². The Morgan fingerprint density at radius 1 is 1.42 bits per heavy atom. The summed E-state index contributed by atoms with van der Waals surface area (Å²) in [6.07, 6.45) is -2.57. The predicted molar refractivity (Wildman–Crippen MR) is 103 cm³/mol. The van der Waals surface area contributed by atoms with Gasteiger partial charge in [-0.15, -0.1) is 24.0 Å². The normalized spacial score (nSPS) is 17.8. The van der Waals surface area contributed by atoms with Crippen LogP contribution in [-0.2, 0) is 10.9 Å². The number of methoxy groups -OCH3 is 1. The molecule has 1 N–H and O–H groups in total. The summed E-state index contributed by atoms with van der Waals surface area (Å²) in [5.41, 5.74) is -0.793. The quantitative estimate of drug-likeness (QED) is 0.289. The highest BCUT2D eigenvalue weighted by Crippen LogP contribution is 2.29. The molecular formula is C16H24F3IN4O2. The summed E-state index contributed by atoms with van der Waals surface area (Å²) in [4.78, 5) is 10.1. The summed E-state index contributed by atoms with van der Waals surface area (Å²) in [6, 6.07) is 2.17. The molecule has 0 bridgehead atoms. The number of halogens is 4. The van der Waals surface area contributed by atoms with Crippen LogP contribution in [0.3, 0.4) is 0 Å². The van der Waals surface area contributed by atoms with Crippen LogP contribution < -0.4 is 10.1 Å². The van der Waals surface area contributed by atoms with E-state index < -0.39 is 11.7 Å². The molecule has 10 heteroatoms. The molecule has 0 aliphatic carbocycles. The molecule has 1 unspecified atom stereocenters. The fraction of sp³-hybridized carbons (Fsp3) is 0.625. The van der Waals surface area contributed by atoms with Gasteiger partial charge < -0.3 is 19.7 Å². The first-order chi connectivity index (χ1) is 11.9. The summed E-state index contributed by atoms with van der Waals surface area (Å²) >= 11 is 0. The Balaban J connectivity index is 0.00000338. The van der Waals surface area contributed by atoms with Gasteiger partial charge in [0.25, 0.3) is 0 Å². The second-order valence-corrected chi connectivity index (χ2v) is 5.76. The first-order valence-electron chi connectivity index (χ1n) is 8.04. The van der Waals surface area contributed by atoms with Gasteiger partial charge in [-0.2, -0.15) is 13.2 Å². The molecule has 0 amide bonds. The molecule has 1 fully saturated rings. The van der Waals surface area contributed by atoms with Gasteiger partial charge in [0, 0.05) is 45.4 Å². The minimum atomic E-state index is -4.39. The van der Waals surface area contributed by atoms with Gasteiger partial charge in [-0.05, 0) is 12.5 Å². The van der Waals surface area contributed by atoms with Gasteiger partial charge in [0.2, 0.25) is 5.88 Å². The fourth-order valence-corrected chi connectivity index (χ4v) is 2.68. The van der Waals surface area contributed by atoms with Crippen molar-refractivity contribution in [3.8, 4) is 5.88 Å². The van der Waals surface area contributed by atoms with Gasteiger partial charge in [-0.25, -0.2) is 4.98 Å². The van der Waals surface area contributed by atoms with Crippen molar-refractivity contribution < 1.29 is 22.6 Å². The molecule has 0 aromatic carbocycles. The zero-order chi connectivity index (χ0) is 18.3. The van der Waals surface area contributed by atoms with Crippen molar-refractivity contribution in [3.05, 3.63) is 23.9 Å². The number of aromatic nitrogens is 1. The van der Waals surface area contributed by atoms with Crippen LogP contribution in [0.1, 0.15) is 12.0 Å². The van der Waals surface area contributed by atoms with E-state index >= 15 is 0 Å². The van der Waals surface area contributed by atoms with Crippen LogP contribution in [0.4, 0.5) is 13.2 Å². The lowest BCUT2D eigenvalue weighted by atomic mass is 10.1. The van der Waals surface area contributed by atoms with E-state index in [0.29, 0.717) is 12.5 Å². The van der Waals surface area contributed by atoms with Gasteiger partial charge in [0.1, 0.15) is 6.61 Å². The maximum atomic E-state index is 12.5. The van der Waals surface area contributed by atoms with Crippen LogP contribution in [0.2, 0.25) is 0 Å². The highest BCUT2D eigenvalue weighted by molar-refractivity contribution is 14.0. The number of nitrogens with zero attached hydrogens (tertiary/aromatic N) is 3. The van der Waals surface area contributed by atoms with Gasteiger partial charge in [0.15, 0.2) is 5.96 Å². The number of guanidine groups is 1. The van der Waals surface area contributed by atoms with Crippen LogP contribution in [0.15, 0.2) is 23.3 Å². The summed E-state index contributed by atoms with van der Waals surface area (Å²) in [7, 11) is 3.41. The van der Waals surface area contributed by atoms with Crippen LogP contribution in [0.25, 0.3) is 0 Å². The van der Waals surface area contributed by atoms with Crippen molar-refractivity contribution in [3.63, 3.8) is 0 Å². The Hall–Kier alpha value is -1.30. The van der Waals surface area contributed by atoms with Crippen LogP contribution in [0, 0.1) is 5.92 Å². The molecular weight excluding hydrogens is 464 g/mol. The lowest BCUT2D eigenvalue weighted by Crippen LogP contribution is -2.41. The van der Waals surface area contributed by atoms with Gasteiger partial charge in [-0.1, -0.05) is 0 Å². The van der Waals surface area contributed by atoms with Crippen LogP contribution in [0.5, 0.6) is 5.88 Å². The highest BCUT2D eigenvalue weighted by Gasteiger charge is 2.30. The predicted octanol–water partition coefficient (Wildman–Crippen LogP) is 2.64. The number of likely N-dealkylation sites (tertiary alicyclic amines) is 1. The van der Waals surface area contributed by atoms with Gasteiger partial charge in [0.05, 0.1) is 18.7 Å². The minimum absolute atomic E-state index is 0. The number of rotatable bonds is 6. The van der Waals surface area contributed by atoms with E-state index in [-0.39, 0.29) is 36.5 Å². The second kappa shape index (κ2) is 10.8. The third-order valence-corrected chi connectivity index (χ3v) is 3.90. The van der Waals surface area contributed by atoms with Crippen LogP contribution >= 0.6 is 24.0 Å². The SMILES string of the molecule is CN=C(NCCOc1ccc(C(F)(F)F)cn1)N1CCC(COC)C1.I. The van der Waals surface area contributed by atoms with E-state index in [2.05, 4.69) is 20.2 Å². The summed E-state index contributed by atoms with van der Waals surface area (Å²) < 4.78 is 47.9. The van der Waals surface area contributed by atoms with Crippen molar-refractivity contribution in [1.82, 2.24) is 15.2 Å². The zero-order valence-corrected chi connectivity index (χ0v) is 17.1. The fourth-order valence-electron chi connectivity index (χ4n) is 2.68. The lowest BCUT2D eigenvalue weighted by Gasteiger charge is -2.21. The van der Waals surface area contributed by atoms with Gasteiger partial charge in [-0.3, -0.25) is 4.99 Å². The monoisotopic (exact) mass is 488 g/mol. The van der Waals surface area contributed by atoms with Crippen LogP contribution in [-0.4, -0.2) is 62.8 Å². The third kappa shape index (κ3) is 6.78. The second-order valence-electron chi connectivity index (χ2n) is 5.76. The Morgan fingerprint density at radius 2 is 2.19 bits per heavy atom. The standard InChI is InChI=1S/C16H23F3N4O2.HI/c1-20-15(23-7-5-12(10-23)11-24-2)21-6-8-25-14-4-3-13(9-22-14)16(17,18)19;/h3-4,9,12H,5-8,10-11H2,1-2H3,(H,20,21);1H. The smallest absolute Gasteiger partial charge is 0.417 e. The molecule has 0 saturated carbocycles. The molecule has 1 atom stereocenters. The maximum absolute atomic E-state index is 12.5. The number of pyridine rings is 1. The third-order valence-electron chi connectivity index (χ3n) is 3.90. The zero-order valence-electron chi connectivity index (χ0n) is 14.8. The minimum Gasteiger partial charge on any atom is -0.476 e.